The number of rotatable bonds is 6. The Bertz CT molecular complexity index is 890. The lowest BCUT2D eigenvalue weighted by Crippen LogP contribution is -2.53. The van der Waals surface area contributed by atoms with Crippen molar-refractivity contribution >= 4 is 29.1 Å². The fraction of sp³-hybridized carbons (Fsp3) is 0.391. The first-order valence-corrected chi connectivity index (χ1v) is 10.5. The van der Waals surface area contributed by atoms with E-state index in [9.17, 15) is 9.59 Å². The zero-order valence-corrected chi connectivity index (χ0v) is 18.4. The molecule has 2 aromatic carbocycles. The first kappa shape index (κ1) is 22.1. The van der Waals surface area contributed by atoms with E-state index < -0.39 is 6.10 Å². The number of piperazine rings is 1. The van der Waals surface area contributed by atoms with Crippen LogP contribution in [-0.2, 0) is 9.59 Å². The lowest BCUT2D eigenvalue weighted by Gasteiger charge is -2.35. The summed E-state index contributed by atoms with van der Waals surface area (Å²) in [4.78, 5) is 29.0. The molecule has 3 rings (SSSR count). The molecule has 1 N–H and O–H groups in total. The van der Waals surface area contributed by atoms with Crippen molar-refractivity contribution in [3.63, 3.8) is 0 Å². The topological polar surface area (TPSA) is 61.9 Å². The molecule has 2 aromatic rings. The number of para-hydroxylation sites is 1. The Morgan fingerprint density at radius 1 is 1.07 bits per heavy atom. The van der Waals surface area contributed by atoms with Crippen molar-refractivity contribution in [1.29, 1.82) is 0 Å². The van der Waals surface area contributed by atoms with Gasteiger partial charge in [0.25, 0.3) is 5.91 Å². The summed E-state index contributed by atoms with van der Waals surface area (Å²) >= 11 is 5.97. The highest BCUT2D eigenvalue weighted by molar-refractivity contribution is 6.30. The third-order valence-electron chi connectivity index (χ3n) is 5.25. The Balaban J connectivity index is 1.47. The summed E-state index contributed by atoms with van der Waals surface area (Å²) < 4.78 is 5.74. The van der Waals surface area contributed by atoms with E-state index in [1.54, 1.807) is 36.1 Å². The van der Waals surface area contributed by atoms with Gasteiger partial charge in [0.15, 0.2) is 6.10 Å². The van der Waals surface area contributed by atoms with Gasteiger partial charge in [0.1, 0.15) is 5.75 Å². The van der Waals surface area contributed by atoms with E-state index in [4.69, 9.17) is 16.3 Å². The van der Waals surface area contributed by atoms with Gasteiger partial charge in [-0.15, -0.1) is 0 Å². The summed E-state index contributed by atoms with van der Waals surface area (Å²) in [7, 11) is 0. The van der Waals surface area contributed by atoms with Crippen LogP contribution in [0.25, 0.3) is 0 Å². The monoisotopic (exact) mass is 429 g/mol. The highest BCUT2D eigenvalue weighted by Crippen LogP contribution is 2.20. The number of amides is 2. The molecule has 7 heteroatoms. The van der Waals surface area contributed by atoms with Crippen LogP contribution < -0.4 is 10.1 Å². The fourth-order valence-electron chi connectivity index (χ4n) is 3.57. The molecule has 160 valence electrons. The van der Waals surface area contributed by atoms with Crippen LogP contribution in [-0.4, -0.2) is 60.4 Å². The van der Waals surface area contributed by atoms with Gasteiger partial charge in [0.2, 0.25) is 5.91 Å². The normalized spacial score (nSPS) is 15.5. The molecule has 30 heavy (non-hydrogen) atoms. The number of benzene rings is 2. The van der Waals surface area contributed by atoms with Crippen molar-refractivity contribution in [3.05, 3.63) is 58.6 Å². The summed E-state index contributed by atoms with van der Waals surface area (Å²) in [5.74, 6) is 0.476. The summed E-state index contributed by atoms with van der Waals surface area (Å²) in [6.45, 7) is 8.46. The van der Waals surface area contributed by atoms with Crippen LogP contribution in [0.3, 0.4) is 0 Å². The standard InChI is InChI=1S/C23H28ClN3O3/c1-16-6-4-7-17(2)22(16)25-21(28)15-26-10-12-27(13-11-26)23(29)18(3)30-20-9-5-8-19(24)14-20/h4-9,14,18H,10-13,15H2,1-3H3,(H,25,28). The largest absolute Gasteiger partial charge is 0.481 e. The maximum Gasteiger partial charge on any atom is 0.263 e. The van der Waals surface area contributed by atoms with Crippen molar-refractivity contribution in [2.24, 2.45) is 0 Å². The summed E-state index contributed by atoms with van der Waals surface area (Å²) in [6.07, 6.45) is -0.595. The van der Waals surface area contributed by atoms with Crippen LogP contribution in [0.1, 0.15) is 18.1 Å². The number of halogens is 1. The van der Waals surface area contributed by atoms with Gasteiger partial charge < -0.3 is 15.0 Å². The molecule has 1 aliphatic rings. The number of nitrogens with zero attached hydrogens (tertiary/aromatic N) is 2. The molecule has 0 bridgehead atoms. The average Bonchev–Trinajstić information content (AvgIpc) is 2.71. The third kappa shape index (κ3) is 5.74. The zero-order chi connectivity index (χ0) is 21.7. The molecule has 6 nitrogen and oxygen atoms in total. The molecule has 1 heterocycles. The predicted molar refractivity (Wildman–Crippen MR) is 119 cm³/mol. The smallest absolute Gasteiger partial charge is 0.263 e. The van der Waals surface area contributed by atoms with Crippen LogP contribution in [0.15, 0.2) is 42.5 Å². The van der Waals surface area contributed by atoms with E-state index in [-0.39, 0.29) is 11.8 Å². The molecule has 1 saturated heterocycles. The number of hydrogen-bond acceptors (Lipinski definition) is 4. The number of anilines is 1. The maximum absolute atomic E-state index is 12.7. The average molecular weight is 430 g/mol. The predicted octanol–water partition coefficient (Wildman–Crippen LogP) is 3.51. The van der Waals surface area contributed by atoms with Gasteiger partial charge in [-0.3, -0.25) is 14.5 Å². The highest BCUT2D eigenvalue weighted by atomic mass is 35.5. The van der Waals surface area contributed by atoms with Gasteiger partial charge in [0, 0.05) is 36.9 Å². The van der Waals surface area contributed by atoms with Gasteiger partial charge in [-0.25, -0.2) is 0 Å². The fourth-order valence-corrected chi connectivity index (χ4v) is 3.75. The minimum absolute atomic E-state index is 0.0372. The Kier molecular flexibility index (Phi) is 7.34. The van der Waals surface area contributed by atoms with Crippen LogP contribution in [0.2, 0.25) is 5.02 Å². The van der Waals surface area contributed by atoms with E-state index in [0.717, 1.165) is 16.8 Å². The maximum atomic E-state index is 12.7. The minimum Gasteiger partial charge on any atom is -0.481 e. The molecule has 0 spiro atoms. The lowest BCUT2D eigenvalue weighted by atomic mass is 10.1. The Morgan fingerprint density at radius 2 is 1.70 bits per heavy atom. The van der Waals surface area contributed by atoms with Gasteiger partial charge in [-0.2, -0.15) is 0 Å². The SMILES string of the molecule is Cc1cccc(C)c1NC(=O)CN1CCN(C(=O)C(C)Oc2cccc(Cl)c2)CC1. The molecule has 1 atom stereocenters. The van der Waals surface area contributed by atoms with Gasteiger partial charge in [-0.05, 0) is 50.1 Å². The summed E-state index contributed by atoms with van der Waals surface area (Å²) in [6, 6.07) is 13.0. The van der Waals surface area contributed by atoms with E-state index in [2.05, 4.69) is 10.2 Å². The Morgan fingerprint density at radius 3 is 2.33 bits per heavy atom. The second-order valence-corrected chi connectivity index (χ2v) is 8.07. The molecule has 0 radical (unpaired) electrons. The number of aryl methyl sites for hydroxylation is 2. The Labute approximate surface area is 182 Å². The van der Waals surface area contributed by atoms with Gasteiger partial charge in [-0.1, -0.05) is 35.9 Å². The summed E-state index contributed by atoms with van der Waals surface area (Å²) in [5, 5.41) is 3.59. The molecule has 0 aromatic heterocycles. The third-order valence-corrected chi connectivity index (χ3v) is 5.49. The van der Waals surface area contributed by atoms with Crippen LogP contribution in [0.5, 0.6) is 5.75 Å². The zero-order valence-electron chi connectivity index (χ0n) is 17.7. The number of carbonyl (C=O) groups is 2. The van der Waals surface area contributed by atoms with Crippen LogP contribution in [0, 0.1) is 13.8 Å². The van der Waals surface area contributed by atoms with Gasteiger partial charge >= 0.3 is 0 Å². The quantitative estimate of drug-likeness (QED) is 0.763. The van der Waals surface area contributed by atoms with Crippen molar-refractivity contribution in [1.82, 2.24) is 9.80 Å². The first-order chi connectivity index (χ1) is 14.3. The number of hydrogen-bond donors (Lipinski definition) is 1. The van der Waals surface area contributed by atoms with Crippen molar-refractivity contribution in [3.8, 4) is 5.75 Å². The van der Waals surface area contributed by atoms with E-state index >= 15 is 0 Å². The number of nitrogens with one attached hydrogen (secondary N) is 1. The highest BCUT2D eigenvalue weighted by Gasteiger charge is 2.27. The molecule has 1 unspecified atom stereocenters. The van der Waals surface area contributed by atoms with E-state index in [1.165, 1.54) is 0 Å². The van der Waals surface area contributed by atoms with Crippen molar-refractivity contribution in [2.45, 2.75) is 26.9 Å². The molecular formula is C23H28ClN3O3. The Hall–Kier alpha value is -2.57. The van der Waals surface area contributed by atoms with E-state index in [1.807, 2.05) is 32.0 Å². The molecule has 1 fully saturated rings. The summed E-state index contributed by atoms with van der Waals surface area (Å²) in [5.41, 5.74) is 2.98. The van der Waals surface area contributed by atoms with E-state index in [0.29, 0.717) is 43.5 Å². The van der Waals surface area contributed by atoms with Crippen molar-refractivity contribution in [2.75, 3.05) is 38.0 Å². The molecule has 1 aliphatic heterocycles. The molecule has 0 saturated carbocycles. The molecule has 2 amide bonds. The van der Waals surface area contributed by atoms with Crippen LogP contribution >= 0.6 is 11.6 Å². The minimum atomic E-state index is -0.595. The molecular weight excluding hydrogens is 402 g/mol. The van der Waals surface area contributed by atoms with Gasteiger partial charge in [0.05, 0.1) is 6.54 Å². The van der Waals surface area contributed by atoms with Crippen LogP contribution in [0.4, 0.5) is 5.69 Å². The molecule has 0 aliphatic carbocycles. The first-order valence-electron chi connectivity index (χ1n) is 10.1. The second-order valence-electron chi connectivity index (χ2n) is 7.63. The second kappa shape index (κ2) is 9.96. The number of ether oxygens (including phenoxy) is 1. The number of carbonyl (C=O) groups excluding carboxylic acids is 2. The lowest BCUT2D eigenvalue weighted by molar-refractivity contribution is -0.139. The van der Waals surface area contributed by atoms with Crippen molar-refractivity contribution < 1.29 is 14.3 Å².